The number of nitrogens with zero attached hydrogens (tertiary/aromatic N) is 9. The number of carbonyl (C=O) groups excluding carboxylic acids is 3. The highest BCUT2D eigenvalue weighted by Crippen LogP contribution is 2.40. The minimum absolute atomic E-state index is 0.000783. The van der Waals surface area contributed by atoms with Gasteiger partial charge in [0.1, 0.15) is 88.6 Å². The molecule has 6 saturated heterocycles. The number of nitrogens with one attached hydrogen (secondary N) is 3. The summed E-state index contributed by atoms with van der Waals surface area (Å²) in [4.78, 5) is 34.6. The van der Waals surface area contributed by atoms with Crippen molar-refractivity contribution >= 4 is 17.7 Å². The second kappa shape index (κ2) is 44.1. The van der Waals surface area contributed by atoms with Crippen molar-refractivity contribution in [3.8, 4) is 0 Å². The van der Waals surface area contributed by atoms with Crippen LogP contribution >= 0.6 is 0 Å². The van der Waals surface area contributed by atoms with Crippen molar-refractivity contribution < 1.29 is 144 Å². The van der Waals surface area contributed by atoms with E-state index >= 15 is 0 Å². The monoisotopic (exact) mass is 1540 g/mol. The Kier molecular flexibility index (Phi) is 35.3. The lowest BCUT2D eigenvalue weighted by Crippen LogP contribution is -2.66. The molecule has 0 radical (unpaired) electrons. The van der Waals surface area contributed by atoms with Crippen molar-refractivity contribution in [2.24, 2.45) is 5.73 Å². The highest BCUT2D eigenvalue weighted by atomic mass is 16.8. The van der Waals surface area contributed by atoms with Gasteiger partial charge in [0.2, 0.25) is 17.7 Å². The molecule has 2 unspecified atom stereocenters. The molecule has 6 aliphatic heterocycles. The van der Waals surface area contributed by atoms with Crippen molar-refractivity contribution in [1.82, 2.24) is 60.9 Å². The molecule has 15 atom stereocenters. The van der Waals surface area contributed by atoms with Crippen LogP contribution in [-0.2, 0) is 153 Å². The molecule has 3 aromatic rings. The van der Waals surface area contributed by atoms with Gasteiger partial charge in [0, 0.05) is 20.8 Å². The molecular weight excluding hydrogens is 1430 g/mol. The van der Waals surface area contributed by atoms with Gasteiger partial charge in [0.15, 0.2) is 18.9 Å². The largest absolute Gasteiger partial charge is 0.388 e. The molecule has 608 valence electrons. The summed E-state index contributed by atoms with van der Waals surface area (Å²) in [5, 5.41) is 96.8. The molecule has 0 aliphatic carbocycles. The molecule has 43 nitrogen and oxygen atoms in total. The first-order valence-electron chi connectivity index (χ1n) is 35.7. The van der Waals surface area contributed by atoms with Crippen LogP contribution in [0.15, 0.2) is 18.6 Å². The van der Waals surface area contributed by atoms with Crippen LogP contribution in [0.4, 0.5) is 0 Å². The minimum atomic E-state index is -1.33. The summed E-state index contributed by atoms with van der Waals surface area (Å²) in [5.74, 6) is -1.15. The molecule has 11 N–H and O–H groups in total. The van der Waals surface area contributed by atoms with Crippen LogP contribution in [0.2, 0.25) is 0 Å². The molecule has 9 rings (SSSR count). The average Bonchev–Trinajstić information content (AvgIpc) is 1.64. The lowest BCUT2D eigenvalue weighted by atomic mass is 9.88. The van der Waals surface area contributed by atoms with E-state index in [0.29, 0.717) is 136 Å². The second-order valence-corrected chi connectivity index (χ2v) is 26.5. The summed E-state index contributed by atoms with van der Waals surface area (Å²) < 4.78 is 125. The Morgan fingerprint density at radius 2 is 0.636 bits per heavy atom. The third-order valence-electron chi connectivity index (χ3n) is 17.7. The van der Waals surface area contributed by atoms with Gasteiger partial charge < -0.3 is 152 Å². The first kappa shape index (κ1) is 85.7. The summed E-state index contributed by atoms with van der Waals surface area (Å²) in [6, 6.07) is -2.68. The fourth-order valence-corrected chi connectivity index (χ4v) is 12.1. The van der Waals surface area contributed by atoms with Crippen molar-refractivity contribution in [2.75, 3.05) is 198 Å². The topological polar surface area (TPSA) is 521 Å². The Hall–Kier alpha value is -5.29. The average molecular weight is 1540 g/mol. The lowest BCUT2D eigenvalue weighted by molar-refractivity contribution is -0.238. The van der Waals surface area contributed by atoms with Gasteiger partial charge in [-0.1, -0.05) is 15.6 Å². The molecule has 6 aliphatic rings. The van der Waals surface area contributed by atoms with Crippen LogP contribution in [0.25, 0.3) is 0 Å². The van der Waals surface area contributed by atoms with E-state index in [1.165, 1.54) is 20.8 Å². The third kappa shape index (κ3) is 26.4. The van der Waals surface area contributed by atoms with Crippen LogP contribution in [0, 0.1) is 0 Å². The fraction of sp³-hybridized carbons (Fsp3) is 0.859. The number of rotatable bonds is 57. The third-order valence-corrected chi connectivity index (χ3v) is 17.7. The summed E-state index contributed by atoms with van der Waals surface area (Å²) in [6.07, 6.45) is -5.29. The predicted octanol–water partition coefficient (Wildman–Crippen LogP) is -7.64. The van der Waals surface area contributed by atoms with Crippen molar-refractivity contribution in [2.45, 2.75) is 156 Å². The molecule has 107 heavy (non-hydrogen) atoms. The minimum Gasteiger partial charge on any atom is -0.388 e. The van der Waals surface area contributed by atoms with Crippen LogP contribution in [-0.4, -0.2) is 388 Å². The van der Waals surface area contributed by atoms with Crippen LogP contribution in [0.1, 0.15) is 37.9 Å². The van der Waals surface area contributed by atoms with Gasteiger partial charge in [-0.3, -0.25) is 14.4 Å². The molecule has 0 saturated carbocycles. The van der Waals surface area contributed by atoms with Gasteiger partial charge >= 0.3 is 0 Å². The first-order chi connectivity index (χ1) is 51.8. The highest BCUT2D eigenvalue weighted by molar-refractivity contribution is 5.74. The zero-order valence-electron chi connectivity index (χ0n) is 60.7. The normalized spacial score (nSPS) is 28.5. The Labute approximate surface area is 617 Å². The Balaban J connectivity index is 0.606. The van der Waals surface area contributed by atoms with E-state index in [4.69, 9.17) is 105 Å². The van der Waals surface area contributed by atoms with Gasteiger partial charge in [-0.2, -0.15) is 0 Å². The first-order valence-corrected chi connectivity index (χ1v) is 35.7. The Morgan fingerprint density at radius 3 is 0.879 bits per heavy atom. The molecule has 3 aromatic heterocycles. The summed E-state index contributed by atoms with van der Waals surface area (Å²) >= 11 is 0. The molecule has 0 spiro atoms. The molecular formula is C64H107N13O30. The number of aromatic nitrogens is 9. The van der Waals surface area contributed by atoms with Crippen LogP contribution in [0.3, 0.4) is 0 Å². The summed E-state index contributed by atoms with van der Waals surface area (Å²) in [7, 11) is 0. The van der Waals surface area contributed by atoms with Gasteiger partial charge in [-0.25, -0.2) is 14.0 Å². The number of aliphatic hydroxyl groups excluding tert-OH is 6. The fourth-order valence-electron chi connectivity index (χ4n) is 12.1. The molecule has 9 heterocycles. The standard InChI is InChI=1S/C64H107N13O30/c1-43(78)66-49-52(81)55(84)62(40-102-58(49)105-62)37-96-25-22-93-19-16-90-13-10-87-7-4-75-28-46(69-72-75)31-99-34-61(65,35-100-32-47-29-76(73-70-47)5-8-88-11-14-91-17-20-94-23-26-97-38-63-41-103-59(106-63)50(67-44(2)79)53(82)56(63)85)36-101-33-48-30-77(74-71-48)6-9-89-12-15-92-18-21-95-24-27-98-39-64-42-104-60(107-64)51(68-45(3)80)54(83)57(64)86/h28-30,49-60,81-86H,4-27,31-42,65H2,1-3H3,(H,66,78)(H,67,79)(H,68,80)/t49-,50-,51-,52-,53-,54-,55-,56-,57-,58-,59?,60?,61?,62+,63+,64+/m1/s1. The van der Waals surface area contributed by atoms with Crippen LogP contribution < -0.4 is 21.7 Å². The number of amides is 3. The highest BCUT2D eigenvalue weighted by Gasteiger charge is 2.62. The van der Waals surface area contributed by atoms with E-state index < -0.39 is 96.0 Å². The van der Waals surface area contributed by atoms with Gasteiger partial charge in [0.05, 0.1) is 262 Å². The molecule has 43 heteroatoms. The van der Waals surface area contributed by atoms with E-state index in [-0.39, 0.29) is 137 Å². The SMILES string of the molecule is CC(=O)N[C@H]1[C@@H]2OC[C@](COCCOCCOCCOCCn3cc(COCC(N)(COCc4cn(CCOCCOCCOCCOC[C@@]56COC(O5)[C@H](NC(C)=O)[C@@H](O)[C@H]6O)nn4)COCc4cn(CCOCCOCCOCCOC[C@@]56COC(O5)[C@H](NC(C)=O)[C@@H](O)[C@H]6O)nn4)nn3)(O2)[C@H](O)[C@@H]1O. The number of aliphatic hydroxyl groups is 6. The molecule has 6 fully saturated rings. The smallest absolute Gasteiger partial charge is 0.217 e. The zero-order chi connectivity index (χ0) is 75.9. The van der Waals surface area contributed by atoms with E-state index in [0.717, 1.165) is 0 Å². The predicted molar refractivity (Wildman–Crippen MR) is 355 cm³/mol. The van der Waals surface area contributed by atoms with Crippen LogP contribution in [0.5, 0.6) is 0 Å². The number of ether oxygens (including phenoxy) is 21. The summed E-state index contributed by atoms with van der Waals surface area (Å²) in [6.45, 7) is 11.7. The van der Waals surface area contributed by atoms with E-state index in [1.807, 2.05) is 0 Å². The van der Waals surface area contributed by atoms with Crippen molar-refractivity contribution in [1.29, 1.82) is 0 Å². The number of carbonyl (C=O) groups is 3. The maximum absolute atomic E-state index is 11.5. The molecule has 0 aromatic carbocycles. The number of hydrogen-bond donors (Lipinski definition) is 10. The molecule has 6 bridgehead atoms. The number of fused-ring (bicyclic) bond motifs is 6. The Morgan fingerprint density at radius 1 is 0.402 bits per heavy atom. The number of nitrogens with two attached hydrogens (primary N) is 1. The summed E-state index contributed by atoms with van der Waals surface area (Å²) in [5.41, 5.74) is 3.71. The quantitative estimate of drug-likeness (QED) is 0.0235. The van der Waals surface area contributed by atoms with Crippen molar-refractivity contribution in [3.63, 3.8) is 0 Å². The number of hydrogen-bond acceptors (Lipinski definition) is 37. The van der Waals surface area contributed by atoms with Gasteiger partial charge in [0.25, 0.3) is 0 Å². The lowest BCUT2D eigenvalue weighted by Gasteiger charge is -2.42. The van der Waals surface area contributed by atoms with Gasteiger partial charge in [-0.15, -0.1) is 15.3 Å². The van der Waals surface area contributed by atoms with E-state index in [1.54, 1.807) is 32.6 Å². The maximum Gasteiger partial charge on any atom is 0.217 e. The zero-order valence-corrected chi connectivity index (χ0v) is 60.7. The molecule has 3 amide bonds. The van der Waals surface area contributed by atoms with Gasteiger partial charge in [-0.05, 0) is 0 Å². The van der Waals surface area contributed by atoms with E-state index in [2.05, 4.69) is 46.9 Å². The maximum atomic E-state index is 11.5. The van der Waals surface area contributed by atoms with E-state index in [9.17, 15) is 45.0 Å². The van der Waals surface area contributed by atoms with Crippen molar-refractivity contribution in [3.05, 3.63) is 35.7 Å². The second-order valence-electron chi connectivity index (χ2n) is 26.5. The Bertz CT molecular complexity index is 2750.